The first kappa shape index (κ1) is 13.0. The van der Waals surface area contributed by atoms with Gasteiger partial charge in [0.25, 0.3) is 5.89 Å². The zero-order valence-electron chi connectivity index (χ0n) is 10.9. The van der Waals surface area contributed by atoms with Crippen molar-refractivity contribution < 1.29 is 9.26 Å². The van der Waals surface area contributed by atoms with Crippen LogP contribution in [-0.4, -0.2) is 15.1 Å². The van der Waals surface area contributed by atoms with E-state index in [1.165, 1.54) is 11.3 Å². The average molecular weight is 287 g/mol. The molecule has 5 nitrogen and oxygen atoms in total. The number of rotatable bonds is 5. The molecule has 0 unspecified atom stereocenters. The van der Waals surface area contributed by atoms with Gasteiger partial charge in [-0.25, -0.2) is 4.98 Å². The van der Waals surface area contributed by atoms with Gasteiger partial charge in [-0.2, -0.15) is 4.98 Å². The maximum atomic E-state index is 5.57. The fraction of sp³-hybridized carbons (Fsp3) is 0.214. The van der Waals surface area contributed by atoms with Crippen molar-refractivity contribution >= 4 is 11.3 Å². The molecule has 2 aromatic heterocycles. The summed E-state index contributed by atoms with van der Waals surface area (Å²) >= 11 is 1.49. The Hall–Kier alpha value is -2.05. The van der Waals surface area contributed by atoms with E-state index < -0.39 is 0 Å². The third-order valence-corrected chi connectivity index (χ3v) is 3.67. The van der Waals surface area contributed by atoms with Crippen LogP contribution in [0.25, 0.3) is 10.8 Å². The second-order valence-corrected chi connectivity index (χ2v) is 5.12. The number of thiazole rings is 1. The highest BCUT2D eigenvalue weighted by Gasteiger charge is 2.13. The molecule has 0 fully saturated rings. The molecule has 0 aliphatic carbocycles. The van der Waals surface area contributed by atoms with Gasteiger partial charge >= 0.3 is 0 Å². The monoisotopic (exact) mass is 287 g/mol. The lowest BCUT2D eigenvalue weighted by molar-refractivity contribution is 0.0999. The summed E-state index contributed by atoms with van der Waals surface area (Å²) in [6, 6.07) is 9.98. The molecule has 3 rings (SSSR count). The van der Waals surface area contributed by atoms with E-state index in [0.717, 1.165) is 16.1 Å². The largest absolute Gasteiger partial charge is 0.369 e. The minimum atomic E-state index is 0.330. The van der Waals surface area contributed by atoms with Crippen LogP contribution in [0.3, 0.4) is 0 Å². The van der Waals surface area contributed by atoms with Crippen LogP contribution < -0.4 is 0 Å². The Morgan fingerprint density at radius 2 is 2.05 bits per heavy atom. The summed E-state index contributed by atoms with van der Waals surface area (Å²) in [7, 11) is 0. The van der Waals surface area contributed by atoms with E-state index in [9.17, 15) is 0 Å². The molecule has 0 atom stereocenters. The minimum Gasteiger partial charge on any atom is -0.369 e. The van der Waals surface area contributed by atoms with E-state index >= 15 is 0 Å². The Labute approximate surface area is 120 Å². The highest BCUT2D eigenvalue weighted by molar-refractivity contribution is 7.13. The topological polar surface area (TPSA) is 61.0 Å². The summed E-state index contributed by atoms with van der Waals surface area (Å²) < 4.78 is 10.8. The van der Waals surface area contributed by atoms with E-state index in [0.29, 0.717) is 24.9 Å². The summed E-state index contributed by atoms with van der Waals surface area (Å²) in [5, 5.41) is 3.91. The van der Waals surface area contributed by atoms with Crippen LogP contribution in [0, 0.1) is 6.92 Å². The SMILES string of the molecule is Cc1ncsc1-c1nc(COCc2ccccc2)no1. The molecule has 0 aliphatic rings. The van der Waals surface area contributed by atoms with Crippen LogP contribution in [0.15, 0.2) is 40.4 Å². The number of aromatic nitrogens is 3. The summed E-state index contributed by atoms with van der Waals surface area (Å²) in [6.07, 6.45) is 0. The Bertz CT molecular complexity index is 679. The summed E-state index contributed by atoms with van der Waals surface area (Å²) in [5.41, 5.74) is 3.78. The first-order valence-corrected chi connectivity index (χ1v) is 7.05. The lowest BCUT2D eigenvalue weighted by atomic mass is 10.2. The molecule has 0 amide bonds. The van der Waals surface area contributed by atoms with Gasteiger partial charge in [-0.05, 0) is 12.5 Å². The normalized spacial score (nSPS) is 10.8. The van der Waals surface area contributed by atoms with E-state index in [1.54, 1.807) is 5.51 Å². The second kappa shape index (κ2) is 5.94. The third kappa shape index (κ3) is 2.92. The predicted molar refractivity (Wildman–Crippen MR) is 75.1 cm³/mol. The lowest BCUT2D eigenvalue weighted by Gasteiger charge is -2.00. The Morgan fingerprint density at radius 1 is 1.20 bits per heavy atom. The van der Waals surface area contributed by atoms with Crippen molar-refractivity contribution in [2.24, 2.45) is 0 Å². The number of hydrogen-bond acceptors (Lipinski definition) is 6. The minimum absolute atomic E-state index is 0.330. The Kier molecular flexibility index (Phi) is 3.85. The lowest BCUT2D eigenvalue weighted by Crippen LogP contribution is -1.95. The maximum Gasteiger partial charge on any atom is 0.270 e. The fourth-order valence-electron chi connectivity index (χ4n) is 1.75. The van der Waals surface area contributed by atoms with Crippen LogP contribution in [-0.2, 0) is 18.0 Å². The molecule has 102 valence electrons. The van der Waals surface area contributed by atoms with Crippen molar-refractivity contribution in [2.75, 3.05) is 0 Å². The molecule has 1 aromatic carbocycles. The van der Waals surface area contributed by atoms with Crippen LogP contribution >= 0.6 is 11.3 Å². The number of aryl methyl sites for hydroxylation is 1. The van der Waals surface area contributed by atoms with Crippen LogP contribution in [0.4, 0.5) is 0 Å². The molecule has 6 heteroatoms. The van der Waals surface area contributed by atoms with Gasteiger partial charge in [-0.15, -0.1) is 11.3 Å². The quantitative estimate of drug-likeness (QED) is 0.721. The molecule has 2 heterocycles. The highest BCUT2D eigenvalue weighted by Crippen LogP contribution is 2.25. The standard InChI is InChI=1S/C14H13N3O2S/c1-10-13(20-9-15-10)14-16-12(17-19-14)8-18-7-11-5-3-2-4-6-11/h2-6,9H,7-8H2,1H3. The van der Waals surface area contributed by atoms with Gasteiger partial charge in [0.15, 0.2) is 5.82 Å². The van der Waals surface area contributed by atoms with E-state index in [4.69, 9.17) is 9.26 Å². The van der Waals surface area contributed by atoms with Gasteiger partial charge in [0.05, 0.1) is 17.8 Å². The maximum absolute atomic E-state index is 5.57. The molecule has 0 saturated carbocycles. The molecule has 3 aromatic rings. The highest BCUT2D eigenvalue weighted by atomic mass is 32.1. The van der Waals surface area contributed by atoms with Gasteiger partial charge in [0.2, 0.25) is 0 Å². The average Bonchev–Trinajstić information content (AvgIpc) is 3.09. The van der Waals surface area contributed by atoms with E-state index in [-0.39, 0.29) is 0 Å². The molecule has 0 saturated heterocycles. The number of ether oxygens (including phenoxy) is 1. The molecule has 0 N–H and O–H groups in total. The first-order valence-electron chi connectivity index (χ1n) is 6.17. The van der Waals surface area contributed by atoms with Gasteiger partial charge in [-0.3, -0.25) is 0 Å². The first-order chi connectivity index (χ1) is 9.83. The smallest absolute Gasteiger partial charge is 0.270 e. The molecular weight excluding hydrogens is 274 g/mol. The third-order valence-electron chi connectivity index (χ3n) is 2.75. The molecule has 0 aliphatic heterocycles. The molecule has 0 spiro atoms. The van der Waals surface area contributed by atoms with Crippen molar-refractivity contribution in [2.45, 2.75) is 20.1 Å². The fourth-order valence-corrected chi connectivity index (χ4v) is 2.47. The van der Waals surface area contributed by atoms with Crippen LogP contribution in [0.5, 0.6) is 0 Å². The Balaban J connectivity index is 1.59. The second-order valence-electron chi connectivity index (χ2n) is 4.26. The molecule has 0 bridgehead atoms. The van der Waals surface area contributed by atoms with Gasteiger partial charge in [0.1, 0.15) is 11.5 Å². The predicted octanol–water partition coefficient (Wildman–Crippen LogP) is 3.22. The number of nitrogens with zero attached hydrogens (tertiary/aromatic N) is 3. The number of benzene rings is 1. The van der Waals surface area contributed by atoms with Gasteiger partial charge in [-0.1, -0.05) is 35.5 Å². The summed E-state index contributed by atoms with van der Waals surface area (Å²) in [6.45, 7) is 2.78. The zero-order valence-corrected chi connectivity index (χ0v) is 11.8. The van der Waals surface area contributed by atoms with Crippen molar-refractivity contribution in [3.63, 3.8) is 0 Å². The summed E-state index contributed by atoms with van der Waals surface area (Å²) in [5.74, 6) is 1.05. The zero-order chi connectivity index (χ0) is 13.8. The molecular formula is C14H13N3O2S. The van der Waals surface area contributed by atoms with E-state index in [1.807, 2.05) is 37.3 Å². The van der Waals surface area contributed by atoms with Gasteiger partial charge in [0, 0.05) is 0 Å². The molecule has 20 heavy (non-hydrogen) atoms. The van der Waals surface area contributed by atoms with E-state index in [2.05, 4.69) is 15.1 Å². The summed E-state index contributed by atoms with van der Waals surface area (Å²) in [4.78, 5) is 9.39. The van der Waals surface area contributed by atoms with Crippen molar-refractivity contribution in [1.82, 2.24) is 15.1 Å². The van der Waals surface area contributed by atoms with Gasteiger partial charge < -0.3 is 9.26 Å². The number of hydrogen-bond donors (Lipinski definition) is 0. The van der Waals surface area contributed by atoms with Crippen LogP contribution in [0.2, 0.25) is 0 Å². The molecule has 0 radical (unpaired) electrons. The van der Waals surface area contributed by atoms with Crippen LogP contribution in [0.1, 0.15) is 17.1 Å². The van der Waals surface area contributed by atoms with Crippen molar-refractivity contribution in [3.05, 3.63) is 52.9 Å². The Morgan fingerprint density at radius 3 is 2.80 bits per heavy atom. The van der Waals surface area contributed by atoms with Crippen molar-refractivity contribution in [3.8, 4) is 10.8 Å². The van der Waals surface area contributed by atoms with Crippen molar-refractivity contribution in [1.29, 1.82) is 0 Å².